The molecule has 0 aliphatic carbocycles. The largest absolute Gasteiger partial charge is 0.306 e. The second-order valence-electron chi connectivity index (χ2n) is 4.39. The summed E-state index contributed by atoms with van der Waals surface area (Å²) in [5, 5.41) is 3.30. The number of ketones is 1. The van der Waals surface area contributed by atoms with Crippen LogP contribution in [-0.2, 0) is 11.2 Å². The SMILES string of the molecule is O=C(CCCc1ccccc1)C1CSCCN1. The molecule has 1 N–H and O–H groups in total. The highest BCUT2D eigenvalue weighted by Crippen LogP contribution is 2.11. The quantitative estimate of drug-likeness (QED) is 0.868. The van der Waals surface area contributed by atoms with Gasteiger partial charge in [-0.25, -0.2) is 0 Å². The maximum Gasteiger partial charge on any atom is 0.150 e. The molecule has 1 atom stereocenters. The Morgan fingerprint density at radius 2 is 2.18 bits per heavy atom. The monoisotopic (exact) mass is 249 g/mol. The molecule has 1 aliphatic heterocycles. The normalized spacial score (nSPS) is 20.1. The van der Waals surface area contributed by atoms with Gasteiger partial charge in [0, 0.05) is 24.5 Å². The standard InChI is InChI=1S/C14H19NOS/c16-14(13-11-17-10-9-15-13)8-4-7-12-5-2-1-3-6-12/h1-3,5-6,13,15H,4,7-11H2. The molecule has 0 spiro atoms. The van der Waals surface area contributed by atoms with Crippen molar-refractivity contribution in [3.8, 4) is 0 Å². The molecular formula is C14H19NOS. The molecule has 1 unspecified atom stereocenters. The van der Waals surface area contributed by atoms with Crippen molar-refractivity contribution in [2.24, 2.45) is 0 Å². The Balaban J connectivity index is 1.69. The lowest BCUT2D eigenvalue weighted by molar-refractivity contribution is -0.120. The molecule has 0 saturated carbocycles. The highest BCUT2D eigenvalue weighted by molar-refractivity contribution is 7.99. The number of Topliss-reactive ketones (excluding diaryl/α,β-unsaturated/α-hetero) is 1. The molecule has 2 rings (SSSR count). The van der Waals surface area contributed by atoms with Crippen LogP contribution in [0.1, 0.15) is 18.4 Å². The molecule has 0 bridgehead atoms. The van der Waals surface area contributed by atoms with Crippen molar-refractivity contribution in [3.05, 3.63) is 35.9 Å². The van der Waals surface area contributed by atoms with Crippen LogP contribution in [0.4, 0.5) is 0 Å². The van der Waals surface area contributed by atoms with Crippen LogP contribution in [0.2, 0.25) is 0 Å². The molecule has 2 nitrogen and oxygen atoms in total. The molecular weight excluding hydrogens is 230 g/mol. The van der Waals surface area contributed by atoms with E-state index < -0.39 is 0 Å². The van der Waals surface area contributed by atoms with Gasteiger partial charge in [0.2, 0.25) is 0 Å². The van der Waals surface area contributed by atoms with Crippen LogP contribution in [0.3, 0.4) is 0 Å². The lowest BCUT2D eigenvalue weighted by atomic mass is 10.0. The summed E-state index contributed by atoms with van der Waals surface area (Å²) < 4.78 is 0. The summed E-state index contributed by atoms with van der Waals surface area (Å²) >= 11 is 1.88. The van der Waals surface area contributed by atoms with Gasteiger partial charge in [0.05, 0.1) is 6.04 Å². The summed E-state index contributed by atoms with van der Waals surface area (Å²) in [6, 6.07) is 10.5. The molecule has 0 radical (unpaired) electrons. The summed E-state index contributed by atoms with van der Waals surface area (Å²) in [5.74, 6) is 2.46. The van der Waals surface area contributed by atoms with Gasteiger partial charge in [0.25, 0.3) is 0 Å². The Morgan fingerprint density at radius 1 is 1.35 bits per heavy atom. The van der Waals surface area contributed by atoms with E-state index in [1.165, 1.54) is 5.56 Å². The first kappa shape index (κ1) is 12.7. The number of carbonyl (C=O) groups is 1. The minimum absolute atomic E-state index is 0.101. The van der Waals surface area contributed by atoms with E-state index in [9.17, 15) is 4.79 Å². The van der Waals surface area contributed by atoms with Gasteiger partial charge in [0.15, 0.2) is 5.78 Å². The lowest BCUT2D eigenvalue weighted by Gasteiger charge is -2.21. The van der Waals surface area contributed by atoms with Gasteiger partial charge in [-0.1, -0.05) is 30.3 Å². The second-order valence-corrected chi connectivity index (χ2v) is 5.54. The maximum absolute atomic E-state index is 11.9. The number of nitrogens with one attached hydrogen (secondary N) is 1. The minimum atomic E-state index is 0.101. The van der Waals surface area contributed by atoms with Crippen molar-refractivity contribution in [3.63, 3.8) is 0 Å². The van der Waals surface area contributed by atoms with Crippen molar-refractivity contribution in [1.29, 1.82) is 0 Å². The first-order valence-electron chi connectivity index (χ1n) is 6.24. The van der Waals surface area contributed by atoms with Crippen LogP contribution in [0, 0.1) is 0 Å². The zero-order valence-corrected chi connectivity index (χ0v) is 10.8. The molecule has 3 heteroatoms. The minimum Gasteiger partial charge on any atom is -0.306 e. The van der Waals surface area contributed by atoms with Gasteiger partial charge in [-0.05, 0) is 18.4 Å². The third-order valence-corrected chi connectivity index (χ3v) is 4.10. The molecule has 17 heavy (non-hydrogen) atoms. The van der Waals surface area contributed by atoms with Crippen LogP contribution >= 0.6 is 11.8 Å². The van der Waals surface area contributed by atoms with Crippen LogP contribution in [0.25, 0.3) is 0 Å². The molecule has 0 amide bonds. The van der Waals surface area contributed by atoms with Gasteiger partial charge < -0.3 is 5.32 Å². The maximum atomic E-state index is 11.9. The van der Waals surface area contributed by atoms with E-state index in [2.05, 4.69) is 29.6 Å². The van der Waals surface area contributed by atoms with Gasteiger partial charge in [0.1, 0.15) is 0 Å². The van der Waals surface area contributed by atoms with Crippen molar-refractivity contribution in [2.75, 3.05) is 18.1 Å². The topological polar surface area (TPSA) is 29.1 Å². The average molecular weight is 249 g/mol. The van der Waals surface area contributed by atoms with E-state index in [1.807, 2.05) is 17.8 Å². The molecule has 1 heterocycles. The van der Waals surface area contributed by atoms with Crippen molar-refractivity contribution < 1.29 is 4.79 Å². The van der Waals surface area contributed by atoms with E-state index in [-0.39, 0.29) is 6.04 Å². The third kappa shape index (κ3) is 4.17. The predicted molar refractivity (Wildman–Crippen MR) is 73.5 cm³/mol. The van der Waals surface area contributed by atoms with E-state index in [1.54, 1.807) is 0 Å². The summed E-state index contributed by atoms with van der Waals surface area (Å²) in [6.45, 7) is 0.972. The average Bonchev–Trinajstić information content (AvgIpc) is 2.41. The number of hydrogen-bond donors (Lipinski definition) is 1. The van der Waals surface area contributed by atoms with Gasteiger partial charge in [-0.3, -0.25) is 4.79 Å². The van der Waals surface area contributed by atoms with Gasteiger partial charge >= 0.3 is 0 Å². The molecule has 1 aromatic carbocycles. The smallest absolute Gasteiger partial charge is 0.150 e. The Labute approximate surface area is 107 Å². The fourth-order valence-electron chi connectivity index (χ4n) is 2.06. The van der Waals surface area contributed by atoms with E-state index >= 15 is 0 Å². The summed E-state index contributed by atoms with van der Waals surface area (Å²) in [5.41, 5.74) is 1.33. The van der Waals surface area contributed by atoms with Crippen molar-refractivity contribution in [1.82, 2.24) is 5.32 Å². The molecule has 1 fully saturated rings. The van der Waals surface area contributed by atoms with Crippen LogP contribution in [0.5, 0.6) is 0 Å². The van der Waals surface area contributed by atoms with E-state index in [0.717, 1.165) is 30.9 Å². The second kappa shape index (κ2) is 6.82. The van der Waals surface area contributed by atoms with Crippen LogP contribution in [0.15, 0.2) is 30.3 Å². The number of thioether (sulfide) groups is 1. The summed E-state index contributed by atoms with van der Waals surface area (Å²) in [6.07, 6.45) is 2.67. The number of aryl methyl sites for hydroxylation is 1. The predicted octanol–water partition coefficient (Wildman–Crippen LogP) is 2.28. The summed E-state index contributed by atoms with van der Waals surface area (Å²) in [4.78, 5) is 11.9. The molecule has 1 aliphatic rings. The fourth-order valence-corrected chi connectivity index (χ4v) is 3.03. The molecule has 0 aromatic heterocycles. The Kier molecular flexibility index (Phi) is 5.08. The Hall–Kier alpha value is -0.800. The van der Waals surface area contributed by atoms with Crippen LogP contribution < -0.4 is 5.32 Å². The fraction of sp³-hybridized carbons (Fsp3) is 0.500. The number of hydrogen-bond acceptors (Lipinski definition) is 3. The molecule has 1 saturated heterocycles. The van der Waals surface area contributed by atoms with E-state index in [0.29, 0.717) is 12.2 Å². The van der Waals surface area contributed by atoms with E-state index in [4.69, 9.17) is 0 Å². The van der Waals surface area contributed by atoms with Crippen molar-refractivity contribution >= 4 is 17.5 Å². The summed E-state index contributed by atoms with van der Waals surface area (Å²) in [7, 11) is 0. The van der Waals surface area contributed by atoms with Gasteiger partial charge in [-0.15, -0.1) is 0 Å². The Bertz CT molecular complexity index is 346. The Morgan fingerprint density at radius 3 is 2.88 bits per heavy atom. The molecule has 92 valence electrons. The highest BCUT2D eigenvalue weighted by atomic mass is 32.2. The van der Waals surface area contributed by atoms with Crippen LogP contribution in [-0.4, -0.2) is 29.9 Å². The molecule has 1 aromatic rings. The third-order valence-electron chi connectivity index (χ3n) is 3.04. The lowest BCUT2D eigenvalue weighted by Crippen LogP contribution is -2.43. The zero-order valence-electron chi connectivity index (χ0n) is 10.0. The van der Waals surface area contributed by atoms with Crippen molar-refractivity contribution in [2.45, 2.75) is 25.3 Å². The zero-order chi connectivity index (χ0) is 11.9. The number of rotatable bonds is 5. The number of benzene rings is 1. The number of carbonyl (C=O) groups excluding carboxylic acids is 1. The van der Waals surface area contributed by atoms with Gasteiger partial charge in [-0.2, -0.15) is 11.8 Å². The first-order chi connectivity index (χ1) is 8.36. The highest BCUT2D eigenvalue weighted by Gasteiger charge is 2.19. The first-order valence-corrected chi connectivity index (χ1v) is 7.39.